The molecule has 0 unspecified atom stereocenters. The third-order valence-electron chi connectivity index (χ3n) is 5.03. The van der Waals surface area contributed by atoms with Crippen molar-refractivity contribution in [1.82, 2.24) is 39.7 Å². The van der Waals surface area contributed by atoms with Crippen molar-refractivity contribution in [1.29, 1.82) is 0 Å². The largest absolute Gasteiger partial charge is 0.490 e. The first-order chi connectivity index (χ1) is 18.0. The highest BCUT2D eigenvalue weighted by Crippen LogP contribution is 2.29. The Morgan fingerprint density at radius 3 is 2.37 bits per heavy atom. The summed E-state index contributed by atoms with van der Waals surface area (Å²) >= 11 is 0. The van der Waals surface area contributed by atoms with Crippen LogP contribution in [0.4, 0.5) is 30.9 Å². The lowest BCUT2D eigenvalue weighted by atomic mass is 10.1. The smallest absolute Gasteiger partial charge is 0.475 e. The van der Waals surface area contributed by atoms with E-state index in [2.05, 4.69) is 52.9 Å². The van der Waals surface area contributed by atoms with Crippen molar-refractivity contribution in [3.63, 3.8) is 0 Å². The maximum absolute atomic E-state index is 10.6. The number of fused-ring (bicyclic) bond motifs is 1. The highest BCUT2D eigenvalue weighted by molar-refractivity contribution is 5.86. The minimum atomic E-state index is -5.08. The van der Waals surface area contributed by atoms with Crippen LogP contribution in [0.15, 0.2) is 48.8 Å². The molecule has 0 aliphatic carbocycles. The van der Waals surface area contributed by atoms with Crippen LogP contribution >= 0.6 is 0 Å². The predicted octanol–water partition coefficient (Wildman–Crippen LogP) is 4.03. The zero-order valence-electron chi connectivity index (χ0n) is 20.2. The van der Waals surface area contributed by atoms with Gasteiger partial charge in [0.1, 0.15) is 11.6 Å². The number of carboxylic acid groups (broad SMARTS) is 1. The van der Waals surface area contributed by atoms with Gasteiger partial charge in [-0.05, 0) is 49.2 Å². The zero-order chi connectivity index (χ0) is 27.4. The number of anilines is 3. The highest BCUT2D eigenvalue weighted by Gasteiger charge is 2.38. The Morgan fingerprint density at radius 1 is 1.00 bits per heavy atom. The molecule has 12 nitrogen and oxygen atoms in total. The number of rotatable bonds is 5. The number of nitrogens with zero attached hydrogens (tertiary/aromatic N) is 7. The summed E-state index contributed by atoms with van der Waals surface area (Å²) in [7, 11) is 1.78. The average Bonchev–Trinajstić information content (AvgIpc) is 3.50. The van der Waals surface area contributed by atoms with Crippen molar-refractivity contribution in [3.05, 3.63) is 60.3 Å². The quantitative estimate of drug-likeness (QED) is 0.263. The molecule has 0 saturated carbocycles. The molecule has 5 rings (SSSR count). The van der Waals surface area contributed by atoms with Crippen LogP contribution in [-0.4, -0.2) is 64.0 Å². The summed E-state index contributed by atoms with van der Waals surface area (Å²) in [6.45, 7) is 3.81. The normalized spacial score (nSPS) is 11.1. The molecule has 0 aliphatic heterocycles. The van der Waals surface area contributed by atoms with Crippen LogP contribution in [0.3, 0.4) is 0 Å². The van der Waals surface area contributed by atoms with Gasteiger partial charge in [-0.3, -0.25) is 10.1 Å². The lowest BCUT2D eigenvalue weighted by Crippen LogP contribution is -2.21. The van der Waals surface area contributed by atoms with Gasteiger partial charge in [-0.15, -0.1) is 0 Å². The molecule has 15 heteroatoms. The van der Waals surface area contributed by atoms with E-state index in [1.165, 1.54) is 0 Å². The molecule has 5 aromatic rings. The van der Waals surface area contributed by atoms with Crippen molar-refractivity contribution in [3.8, 4) is 17.1 Å². The van der Waals surface area contributed by atoms with Gasteiger partial charge in [0.2, 0.25) is 17.8 Å². The van der Waals surface area contributed by atoms with E-state index in [0.29, 0.717) is 29.5 Å². The Balaban J connectivity index is 0.000000426. The topological polar surface area (TPSA) is 159 Å². The molecule has 1 aromatic carbocycles. The van der Waals surface area contributed by atoms with Gasteiger partial charge >= 0.3 is 12.1 Å². The van der Waals surface area contributed by atoms with Gasteiger partial charge in [0.05, 0.1) is 17.2 Å². The van der Waals surface area contributed by atoms with E-state index < -0.39 is 12.1 Å². The van der Waals surface area contributed by atoms with E-state index in [-0.39, 0.29) is 0 Å². The number of alkyl halides is 3. The fraction of sp³-hybridized carbons (Fsp3) is 0.174. The van der Waals surface area contributed by atoms with Crippen LogP contribution < -0.4 is 10.6 Å². The number of imidazole rings is 1. The molecule has 38 heavy (non-hydrogen) atoms. The Labute approximate surface area is 213 Å². The maximum Gasteiger partial charge on any atom is 0.490 e. The third kappa shape index (κ3) is 5.83. The van der Waals surface area contributed by atoms with Gasteiger partial charge in [0, 0.05) is 25.0 Å². The van der Waals surface area contributed by atoms with E-state index in [1.807, 2.05) is 48.9 Å². The number of hydrogen-bond donors (Lipinski definition) is 4. The van der Waals surface area contributed by atoms with Crippen molar-refractivity contribution in [2.24, 2.45) is 0 Å². The molecule has 4 heterocycles. The van der Waals surface area contributed by atoms with Crippen LogP contribution in [0.5, 0.6) is 0 Å². The van der Waals surface area contributed by atoms with Crippen LogP contribution in [0.1, 0.15) is 11.5 Å². The van der Waals surface area contributed by atoms with Crippen molar-refractivity contribution in [2.75, 3.05) is 17.7 Å². The number of pyridine rings is 1. The van der Waals surface area contributed by atoms with Crippen molar-refractivity contribution in [2.45, 2.75) is 20.0 Å². The van der Waals surface area contributed by atoms with E-state index in [4.69, 9.17) is 14.9 Å². The number of aromatic amines is 1. The minimum Gasteiger partial charge on any atom is -0.475 e. The number of H-pyrrole nitrogens is 1. The molecular formula is C23H21F3N10O2. The third-order valence-corrected chi connectivity index (χ3v) is 5.03. The van der Waals surface area contributed by atoms with Crippen LogP contribution in [-0.2, 0) is 4.79 Å². The van der Waals surface area contributed by atoms with E-state index >= 15 is 0 Å². The lowest BCUT2D eigenvalue weighted by Gasteiger charge is -2.10. The van der Waals surface area contributed by atoms with Crippen molar-refractivity contribution < 1.29 is 23.1 Å². The highest BCUT2D eigenvalue weighted by atomic mass is 19.4. The number of aryl methyl sites for hydroxylation is 2. The van der Waals surface area contributed by atoms with Gasteiger partial charge in [0.15, 0.2) is 0 Å². The number of hydrogen-bond acceptors (Lipinski definition) is 9. The summed E-state index contributed by atoms with van der Waals surface area (Å²) in [5, 5.41) is 20.3. The molecule has 0 spiro atoms. The maximum atomic E-state index is 10.6. The predicted molar refractivity (Wildman–Crippen MR) is 132 cm³/mol. The molecule has 0 bridgehead atoms. The van der Waals surface area contributed by atoms with E-state index in [0.717, 1.165) is 27.9 Å². The summed E-state index contributed by atoms with van der Waals surface area (Å²) in [5.74, 6) is 0.0748. The van der Waals surface area contributed by atoms with Crippen LogP contribution in [0.2, 0.25) is 0 Å². The molecule has 196 valence electrons. The number of carbonyl (C=O) groups is 1. The number of aliphatic carboxylic acids is 1. The standard InChI is InChI=1S/C21H20N10.C2HF3O2/c1-12-10-15(6-8-23-12)14-4-5-17-16(11-14)27-21(28-18-7-9-24-30-18)31(17)20-26-13(2)25-19(22-3)29-20;3-2(4,5)1(6)7/h4-11H,1-3H3,(H,22,25,26,29)(H2,24,27,28,30);(H,6,7). The molecule has 4 aromatic heterocycles. The van der Waals surface area contributed by atoms with Crippen molar-refractivity contribution >= 4 is 34.7 Å². The summed E-state index contributed by atoms with van der Waals surface area (Å²) < 4.78 is 33.6. The Morgan fingerprint density at radius 2 is 1.74 bits per heavy atom. The first-order valence-corrected chi connectivity index (χ1v) is 11.0. The lowest BCUT2D eigenvalue weighted by molar-refractivity contribution is -0.192. The fourth-order valence-electron chi connectivity index (χ4n) is 3.40. The van der Waals surface area contributed by atoms with Gasteiger partial charge < -0.3 is 15.7 Å². The number of carboxylic acids is 1. The van der Waals surface area contributed by atoms with Gasteiger partial charge in [0.25, 0.3) is 0 Å². The fourth-order valence-corrected chi connectivity index (χ4v) is 3.40. The van der Waals surface area contributed by atoms with Crippen LogP contribution in [0, 0.1) is 13.8 Å². The Hall–Kier alpha value is -5.08. The Bertz CT molecular complexity index is 1580. The molecule has 4 N–H and O–H groups in total. The van der Waals surface area contributed by atoms with E-state index in [9.17, 15) is 13.2 Å². The molecule has 0 fully saturated rings. The number of aromatic nitrogens is 8. The monoisotopic (exact) mass is 526 g/mol. The molecular weight excluding hydrogens is 505 g/mol. The number of nitrogens with one attached hydrogen (secondary N) is 3. The molecule has 0 amide bonds. The summed E-state index contributed by atoms with van der Waals surface area (Å²) in [5.41, 5.74) is 4.77. The number of benzene rings is 1. The first kappa shape index (κ1) is 26.0. The second-order valence-corrected chi connectivity index (χ2v) is 7.81. The average molecular weight is 526 g/mol. The second-order valence-electron chi connectivity index (χ2n) is 7.81. The molecule has 0 aliphatic rings. The first-order valence-electron chi connectivity index (χ1n) is 11.0. The Kier molecular flexibility index (Phi) is 7.18. The van der Waals surface area contributed by atoms with Crippen LogP contribution in [0.25, 0.3) is 28.1 Å². The van der Waals surface area contributed by atoms with Gasteiger partial charge in [-0.25, -0.2) is 14.3 Å². The second kappa shape index (κ2) is 10.5. The van der Waals surface area contributed by atoms with Gasteiger partial charge in [-0.1, -0.05) is 6.07 Å². The van der Waals surface area contributed by atoms with E-state index in [1.54, 1.807) is 13.2 Å². The molecule has 0 saturated heterocycles. The number of halogens is 3. The molecule has 0 radical (unpaired) electrons. The SMILES string of the molecule is CNc1nc(C)nc(-n2c(Nc3ccn[nH]3)nc3cc(-c4ccnc(C)c4)ccc32)n1.O=C(O)C(F)(F)F. The summed E-state index contributed by atoms with van der Waals surface area (Å²) in [6.07, 6.45) is -1.60. The summed E-state index contributed by atoms with van der Waals surface area (Å²) in [6, 6.07) is 12.0. The molecule has 0 atom stereocenters. The minimum absolute atomic E-state index is 0.467. The summed E-state index contributed by atoms with van der Waals surface area (Å²) in [4.78, 5) is 31.4. The zero-order valence-corrected chi connectivity index (χ0v) is 20.2. The van der Waals surface area contributed by atoms with Gasteiger partial charge in [-0.2, -0.15) is 33.2 Å².